The summed E-state index contributed by atoms with van der Waals surface area (Å²) >= 11 is 0. The van der Waals surface area contributed by atoms with E-state index in [1.807, 2.05) is 24.3 Å². The highest BCUT2D eigenvalue weighted by atomic mass is 15.4. The Balaban J connectivity index is 2.02. The summed E-state index contributed by atoms with van der Waals surface area (Å²) in [7, 11) is 0. The molecule has 3 rings (SSSR count). The van der Waals surface area contributed by atoms with Crippen LogP contribution in [-0.4, -0.2) is 14.8 Å². The van der Waals surface area contributed by atoms with Gasteiger partial charge in [0.15, 0.2) is 5.82 Å². The lowest BCUT2D eigenvalue weighted by Crippen LogP contribution is -2.16. The van der Waals surface area contributed by atoms with E-state index < -0.39 is 0 Å². The smallest absolute Gasteiger partial charge is 0.181 e. The molecule has 0 amide bonds. The summed E-state index contributed by atoms with van der Waals surface area (Å²) in [6, 6.07) is 8.19. The lowest BCUT2D eigenvalue weighted by atomic mass is 10.1. The summed E-state index contributed by atoms with van der Waals surface area (Å²) in [5, 5.41) is 4.60. The van der Waals surface area contributed by atoms with Gasteiger partial charge in [0.05, 0.1) is 6.04 Å². The quantitative estimate of drug-likeness (QED) is 0.763. The molecule has 0 spiro atoms. The third-order valence-electron chi connectivity index (χ3n) is 3.31. The molecule has 2 aromatic rings. The predicted molar refractivity (Wildman–Crippen MR) is 67.5 cm³/mol. The number of anilines is 1. The molecule has 17 heavy (non-hydrogen) atoms. The summed E-state index contributed by atoms with van der Waals surface area (Å²) in [4.78, 5) is 4.61. The number of hydrogen-bond acceptors (Lipinski definition) is 3. The number of rotatable bonds is 1. The molecule has 1 unspecified atom stereocenters. The molecule has 0 radical (unpaired) electrons. The van der Waals surface area contributed by atoms with Crippen LogP contribution in [-0.2, 0) is 6.42 Å². The van der Waals surface area contributed by atoms with E-state index in [2.05, 4.69) is 21.7 Å². The fourth-order valence-electron chi connectivity index (χ4n) is 2.31. The second-order valence-corrected chi connectivity index (χ2v) is 4.66. The summed E-state index contributed by atoms with van der Waals surface area (Å²) in [6.45, 7) is 2.20. The van der Waals surface area contributed by atoms with Crippen LogP contribution in [0.1, 0.15) is 31.6 Å². The minimum absolute atomic E-state index is 0.466. The average Bonchev–Trinajstić information content (AvgIpc) is 2.75. The van der Waals surface area contributed by atoms with Crippen molar-refractivity contribution in [2.45, 2.75) is 32.2 Å². The maximum Gasteiger partial charge on any atom is 0.181 e. The van der Waals surface area contributed by atoms with E-state index in [1.54, 1.807) is 0 Å². The van der Waals surface area contributed by atoms with E-state index in [9.17, 15) is 0 Å². The molecule has 1 aromatic heterocycles. The Labute approximate surface area is 100 Å². The van der Waals surface area contributed by atoms with Crippen LogP contribution in [0.15, 0.2) is 24.3 Å². The lowest BCUT2D eigenvalue weighted by molar-refractivity contribution is 0.389. The summed E-state index contributed by atoms with van der Waals surface area (Å²) < 4.78 is 2.06. The Morgan fingerprint density at radius 3 is 2.76 bits per heavy atom. The Kier molecular flexibility index (Phi) is 2.35. The third-order valence-corrected chi connectivity index (χ3v) is 3.31. The fraction of sp³-hybridized carbons (Fsp3) is 0.385. The normalized spacial score (nSPS) is 19.0. The minimum atomic E-state index is 0.466. The third kappa shape index (κ3) is 1.79. The van der Waals surface area contributed by atoms with Crippen LogP contribution in [0, 0.1) is 0 Å². The topological polar surface area (TPSA) is 56.7 Å². The van der Waals surface area contributed by atoms with Crippen LogP contribution in [0.2, 0.25) is 0 Å². The first kappa shape index (κ1) is 10.3. The average molecular weight is 228 g/mol. The van der Waals surface area contributed by atoms with Crippen LogP contribution in [0.25, 0.3) is 11.4 Å². The Hall–Kier alpha value is -1.84. The number of nitrogens with zero attached hydrogens (tertiary/aromatic N) is 3. The van der Waals surface area contributed by atoms with Gasteiger partial charge in [0.1, 0.15) is 5.82 Å². The van der Waals surface area contributed by atoms with E-state index in [1.165, 1.54) is 12.8 Å². The molecule has 1 aliphatic rings. The summed E-state index contributed by atoms with van der Waals surface area (Å²) in [6.07, 6.45) is 3.44. The molecule has 1 aromatic carbocycles. The fourth-order valence-corrected chi connectivity index (χ4v) is 2.31. The van der Waals surface area contributed by atoms with Gasteiger partial charge in [-0.05, 0) is 44.0 Å². The van der Waals surface area contributed by atoms with Crippen LogP contribution in [0.3, 0.4) is 0 Å². The van der Waals surface area contributed by atoms with E-state index in [4.69, 9.17) is 5.73 Å². The number of nitrogen functional groups attached to an aromatic ring is 1. The zero-order valence-corrected chi connectivity index (χ0v) is 9.93. The maximum atomic E-state index is 5.68. The molecular weight excluding hydrogens is 212 g/mol. The molecule has 1 aliphatic heterocycles. The predicted octanol–water partition coefficient (Wildman–Crippen LogP) is 2.42. The van der Waals surface area contributed by atoms with Gasteiger partial charge in [0.2, 0.25) is 0 Å². The first-order valence-corrected chi connectivity index (χ1v) is 6.05. The van der Waals surface area contributed by atoms with Gasteiger partial charge in [-0.3, -0.25) is 0 Å². The van der Waals surface area contributed by atoms with Gasteiger partial charge in [-0.15, -0.1) is 0 Å². The number of aromatic nitrogens is 3. The Morgan fingerprint density at radius 2 is 2.06 bits per heavy atom. The van der Waals surface area contributed by atoms with Crippen molar-refractivity contribution >= 4 is 5.69 Å². The number of fused-ring (bicyclic) bond motifs is 1. The zero-order valence-electron chi connectivity index (χ0n) is 9.93. The van der Waals surface area contributed by atoms with Gasteiger partial charge in [0.25, 0.3) is 0 Å². The highest BCUT2D eigenvalue weighted by Crippen LogP contribution is 2.25. The van der Waals surface area contributed by atoms with Gasteiger partial charge in [-0.25, -0.2) is 9.67 Å². The van der Waals surface area contributed by atoms with Gasteiger partial charge >= 0.3 is 0 Å². The first-order valence-electron chi connectivity index (χ1n) is 6.05. The highest BCUT2D eigenvalue weighted by Gasteiger charge is 2.19. The lowest BCUT2D eigenvalue weighted by Gasteiger charge is -2.18. The van der Waals surface area contributed by atoms with Crippen molar-refractivity contribution < 1.29 is 0 Å². The van der Waals surface area contributed by atoms with Crippen LogP contribution >= 0.6 is 0 Å². The molecule has 0 saturated heterocycles. The molecule has 4 nitrogen and oxygen atoms in total. The molecule has 0 fully saturated rings. The van der Waals surface area contributed by atoms with Crippen LogP contribution in [0.5, 0.6) is 0 Å². The van der Waals surface area contributed by atoms with Gasteiger partial charge in [-0.1, -0.05) is 0 Å². The van der Waals surface area contributed by atoms with E-state index >= 15 is 0 Å². The molecule has 0 aliphatic carbocycles. The minimum Gasteiger partial charge on any atom is -0.399 e. The number of nitrogens with two attached hydrogens (primary N) is 1. The standard InChI is InChI=1S/C13H16N4/c1-9-3-2-4-12-15-13(16-17(9)12)10-5-7-11(14)8-6-10/h5-9H,2-4,14H2,1H3. The molecule has 1 atom stereocenters. The second kappa shape index (κ2) is 3.87. The van der Waals surface area contributed by atoms with Crippen molar-refractivity contribution in [1.82, 2.24) is 14.8 Å². The molecule has 2 N–H and O–H groups in total. The molecule has 4 heteroatoms. The van der Waals surface area contributed by atoms with Gasteiger partial charge in [-0.2, -0.15) is 5.10 Å². The van der Waals surface area contributed by atoms with E-state index in [0.717, 1.165) is 29.3 Å². The molecule has 0 saturated carbocycles. The van der Waals surface area contributed by atoms with Crippen molar-refractivity contribution in [3.8, 4) is 11.4 Å². The Morgan fingerprint density at radius 1 is 1.29 bits per heavy atom. The van der Waals surface area contributed by atoms with Crippen molar-refractivity contribution in [3.63, 3.8) is 0 Å². The van der Waals surface area contributed by atoms with E-state index in [-0.39, 0.29) is 0 Å². The van der Waals surface area contributed by atoms with Gasteiger partial charge < -0.3 is 5.73 Å². The number of aryl methyl sites for hydroxylation is 1. The van der Waals surface area contributed by atoms with Crippen molar-refractivity contribution in [1.29, 1.82) is 0 Å². The van der Waals surface area contributed by atoms with Crippen molar-refractivity contribution in [2.24, 2.45) is 0 Å². The highest BCUT2D eigenvalue weighted by molar-refractivity contribution is 5.58. The molecular formula is C13H16N4. The zero-order chi connectivity index (χ0) is 11.8. The SMILES string of the molecule is CC1CCCc2nc(-c3ccc(N)cc3)nn21. The molecule has 0 bridgehead atoms. The number of benzene rings is 1. The largest absolute Gasteiger partial charge is 0.399 e. The summed E-state index contributed by atoms with van der Waals surface area (Å²) in [5.74, 6) is 1.92. The first-order chi connectivity index (χ1) is 8.24. The monoisotopic (exact) mass is 228 g/mol. The molecule has 2 heterocycles. The second-order valence-electron chi connectivity index (χ2n) is 4.66. The summed E-state index contributed by atoms with van der Waals surface area (Å²) in [5.41, 5.74) is 7.48. The Bertz CT molecular complexity index is 527. The maximum absolute atomic E-state index is 5.68. The molecule has 88 valence electrons. The van der Waals surface area contributed by atoms with E-state index in [0.29, 0.717) is 6.04 Å². The van der Waals surface area contributed by atoms with Gasteiger partial charge in [0, 0.05) is 17.7 Å². The van der Waals surface area contributed by atoms with Crippen LogP contribution in [0.4, 0.5) is 5.69 Å². The van der Waals surface area contributed by atoms with Crippen LogP contribution < -0.4 is 5.73 Å². The van der Waals surface area contributed by atoms with Crippen molar-refractivity contribution in [3.05, 3.63) is 30.1 Å². The van der Waals surface area contributed by atoms with Crippen molar-refractivity contribution in [2.75, 3.05) is 5.73 Å². The number of hydrogen-bond donors (Lipinski definition) is 1.